The van der Waals surface area contributed by atoms with Gasteiger partial charge < -0.3 is 24.3 Å². The normalized spacial score (nSPS) is 13.2. The van der Waals surface area contributed by atoms with E-state index in [9.17, 15) is 9.59 Å². The van der Waals surface area contributed by atoms with Crippen molar-refractivity contribution in [1.29, 1.82) is 0 Å². The molecule has 168 valence electrons. The van der Waals surface area contributed by atoms with Crippen molar-refractivity contribution >= 4 is 35.0 Å². The van der Waals surface area contributed by atoms with Crippen LogP contribution in [0.2, 0.25) is 0 Å². The molecule has 33 heavy (non-hydrogen) atoms. The number of anilines is 2. The summed E-state index contributed by atoms with van der Waals surface area (Å²) in [5, 5.41) is 5.48. The molecule has 0 atom stereocenters. The van der Waals surface area contributed by atoms with Crippen molar-refractivity contribution in [3.8, 4) is 23.0 Å². The van der Waals surface area contributed by atoms with Crippen LogP contribution < -0.4 is 29.6 Å². The number of hydrogen-bond donors (Lipinski definition) is 2. The molecule has 3 aromatic rings. The fraction of sp³-hybridized carbons (Fsp3) is 0.120. The summed E-state index contributed by atoms with van der Waals surface area (Å²) in [5.74, 6) is 1.90. The molecule has 0 bridgehead atoms. The molecule has 1 aliphatic heterocycles. The van der Waals surface area contributed by atoms with E-state index in [-0.39, 0.29) is 5.91 Å². The quantitative estimate of drug-likeness (QED) is 0.528. The number of rotatable bonds is 6. The third-order valence-corrected chi connectivity index (χ3v) is 5.04. The summed E-state index contributed by atoms with van der Waals surface area (Å²) in [6, 6.07) is 17.2. The smallest absolute Gasteiger partial charge is 0.417 e. The molecular formula is C25H22N2O6. The van der Waals surface area contributed by atoms with Gasteiger partial charge in [0.15, 0.2) is 11.5 Å². The molecule has 0 fully saturated rings. The zero-order valence-corrected chi connectivity index (χ0v) is 18.3. The summed E-state index contributed by atoms with van der Waals surface area (Å²) in [6.07, 6.45) is 1.14. The standard InChI is InChI=1S/C25H22N2O6/c1-30-17-10-6-16(7-11-17)26-25(29)33-18-8-4-15(5-9-18)12-20-19-13-22(31-2)23(32-3)14-21(19)27-24(20)28/h4-14H,1-3H3,(H,26,29)(H,27,28)/b20-12+. The van der Waals surface area contributed by atoms with E-state index in [1.165, 1.54) is 0 Å². The van der Waals surface area contributed by atoms with E-state index in [1.54, 1.807) is 88.1 Å². The zero-order valence-electron chi connectivity index (χ0n) is 18.3. The van der Waals surface area contributed by atoms with Crippen LogP contribution in [0.1, 0.15) is 11.1 Å². The number of methoxy groups -OCH3 is 3. The van der Waals surface area contributed by atoms with Crippen molar-refractivity contribution in [3.05, 3.63) is 71.8 Å². The lowest BCUT2D eigenvalue weighted by molar-refractivity contribution is -0.110. The number of hydrogen-bond acceptors (Lipinski definition) is 6. The number of benzene rings is 3. The maximum Gasteiger partial charge on any atom is 0.417 e. The minimum absolute atomic E-state index is 0.223. The fourth-order valence-corrected chi connectivity index (χ4v) is 3.38. The Morgan fingerprint density at radius 3 is 2.12 bits per heavy atom. The van der Waals surface area contributed by atoms with Gasteiger partial charge in [-0.1, -0.05) is 12.1 Å². The molecule has 8 nitrogen and oxygen atoms in total. The predicted octanol–water partition coefficient (Wildman–Crippen LogP) is 4.82. The molecular weight excluding hydrogens is 424 g/mol. The van der Waals surface area contributed by atoms with Crippen molar-refractivity contribution < 1.29 is 28.5 Å². The van der Waals surface area contributed by atoms with Crippen molar-refractivity contribution in [1.82, 2.24) is 0 Å². The van der Waals surface area contributed by atoms with Crippen LogP contribution in [0.4, 0.5) is 16.2 Å². The van der Waals surface area contributed by atoms with Gasteiger partial charge in [-0.2, -0.15) is 0 Å². The molecule has 0 aromatic heterocycles. The van der Waals surface area contributed by atoms with Crippen LogP contribution in [0.3, 0.4) is 0 Å². The summed E-state index contributed by atoms with van der Waals surface area (Å²) in [7, 11) is 4.65. The zero-order chi connectivity index (χ0) is 23.4. The van der Waals surface area contributed by atoms with Gasteiger partial charge in [-0.05, 0) is 54.1 Å². The Labute approximate surface area is 190 Å². The van der Waals surface area contributed by atoms with E-state index < -0.39 is 6.09 Å². The number of ether oxygens (including phenoxy) is 4. The van der Waals surface area contributed by atoms with Crippen LogP contribution in [-0.4, -0.2) is 33.3 Å². The second-order valence-electron chi connectivity index (χ2n) is 7.08. The van der Waals surface area contributed by atoms with Crippen LogP contribution >= 0.6 is 0 Å². The third kappa shape index (κ3) is 4.74. The lowest BCUT2D eigenvalue weighted by Crippen LogP contribution is -2.16. The number of fused-ring (bicyclic) bond motifs is 1. The molecule has 0 radical (unpaired) electrons. The van der Waals surface area contributed by atoms with Crippen molar-refractivity contribution in [2.24, 2.45) is 0 Å². The average Bonchev–Trinajstić information content (AvgIpc) is 3.13. The van der Waals surface area contributed by atoms with Gasteiger partial charge in [0.1, 0.15) is 11.5 Å². The van der Waals surface area contributed by atoms with Crippen LogP contribution in [0.5, 0.6) is 23.0 Å². The van der Waals surface area contributed by atoms with Gasteiger partial charge in [-0.25, -0.2) is 4.79 Å². The largest absolute Gasteiger partial charge is 0.497 e. The minimum Gasteiger partial charge on any atom is -0.497 e. The van der Waals surface area contributed by atoms with Crippen molar-refractivity contribution in [3.63, 3.8) is 0 Å². The highest BCUT2D eigenvalue weighted by atomic mass is 16.6. The number of carbonyl (C=O) groups is 2. The van der Waals surface area contributed by atoms with E-state index in [4.69, 9.17) is 18.9 Å². The second-order valence-corrected chi connectivity index (χ2v) is 7.08. The molecule has 0 spiro atoms. The Balaban J connectivity index is 1.47. The van der Waals surface area contributed by atoms with Gasteiger partial charge in [0.25, 0.3) is 5.91 Å². The van der Waals surface area contributed by atoms with Gasteiger partial charge in [-0.3, -0.25) is 10.1 Å². The number of carbonyl (C=O) groups excluding carboxylic acids is 2. The highest BCUT2D eigenvalue weighted by Crippen LogP contribution is 2.41. The molecule has 1 aliphatic rings. The van der Waals surface area contributed by atoms with E-state index in [0.29, 0.717) is 39.9 Å². The molecule has 4 rings (SSSR count). The van der Waals surface area contributed by atoms with E-state index in [1.807, 2.05) is 0 Å². The highest BCUT2D eigenvalue weighted by molar-refractivity contribution is 6.35. The third-order valence-electron chi connectivity index (χ3n) is 5.04. The van der Waals surface area contributed by atoms with Crippen molar-refractivity contribution in [2.45, 2.75) is 0 Å². The summed E-state index contributed by atoms with van der Waals surface area (Å²) in [4.78, 5) is 24.7. The maximum absolute atomic E-state index is 12.5. The van der Waals surface area contributed by atoms with Gasteiger partial charge >= 0.3 is 6.09 Å². The molecule has 0 aliphatic carbocycles. The van der Waals surface area contributed by atoms with Crippen LogP contribution in [-0.2, 0) is 4.79 Å². The Hall–Kier alpha value is -4.46. The molecule has 0 saturated carbocycles. The van der Waals surface area contributed by atoms with Crippen LogP contribution in [0, 0.1) is 0 Å². The molecule has 2 N–H and O–H groups in total. The first-order chi connectivity index (χ1) is 16.0. The predicted molar refractivity (Wildman–Crippen MR) is 125 cm³/mol. The number of nitrogens with one attached hydrogen (secondary N) is 2. The second kappa shape index (κ2) is 9.35. The minimum atomic E-state index is -0.614. The Bertz CT molecular complexity index is 1220. The van der Waals surface area contributed by atoms with E-state index >= 15 is 0 Å². The highest BCUT2D eigenvalue weighted by Gasteiger charge is 2.26. The molecule has 2 amide bonds. The summed E-state index contributed by atoms with van der Waals surface area (Å²) in [5.41, 5.74) is 3.22. The number of amides is 2. The molecule has 3 aromatic carbocycles. The Morgan fingerprint density at radius 2 is 1.48 bits per heavy atom. The first kappa shape index (κ1) is 21.8. The lowest BCUT2D eigenvalue weighted by Gasteiger charge is -2.09. The summed E-state index contributed by atoms with van der Waals surface area (Å²) >= 11 is 0. The van der Waals surface area contributed by atoms with Gasteiger partial charge in [0.2, 0.25) is 0 Å². The summed E-state index contributed by atoms with van der Waals surface area (Å²) in [6.45, 7) is 0. The molecule has 8 heteroatoms. The van der Waals surface area contributed by atoms with Crippen molar-refractivity contribution in [2.75, 3.05) is 32.0 Å². The Morgan fingerprint density at radius 1 is 0.848 bits per heavy atom. The fourth-order valence-electron chi connectivity index (χ4n) is 3.38. The summed E-state index contributed by atoms with van der Waals surface area (Å²) < 4.78 is 21.1. The lowest BCUT2D eigenvalue weighted by atomic mass is 10.0. The SMILES string of the molecule is COc1ccc(NC(=O)Oc2ccc(/C=C3/C(=O)Nc4cc(OC)c(OC)cc43)cc2)cc1. The molecule has 0 saturated heterocycles. The first-order valence-corrected chi connectivity index (χ1v) is 10.0. The monoisotopic (exact) mass is 446 g/mol. The maximum atomic E-state index is 12.5. The van der Waals surface area contributed by atoms with E-state index in [0.717, 1.165) is 11.1 Å². The van der Waals surface area contributed by atoms with Crippen LogP contribution in [0.25, 0.3) is 11.6 Å². The van der Waals surface area contributed by atoms with Crippen LogP contribution in [0.15, 0.2) is 60.7 Å². The van der Waals surface area contributed by atoms with Gasteiger partial charge in [0, 0.05) is 22.9 Å². The topological polar surface area (TPSA) is 95.1 Å². The first-order valence-electron chi connectivity index (χ1n) is 10.0. The van der Waals surface area contributed by atoms with Gasteiger partial charge in [0.05, 0.1) is 27.0 Å². The average molecular weight is 446 g/mol. The molecule has 0 unspecified atom stereocenters. The Kier molecular flexibility index (Phi) is 6.17. The van der Waals surface area contributed by atoms with E-state index in [2.05, 4.69) is 10.6 Å². The van der Waals surface area contributed by atoms with Gasteiger partial charge in [-0.15, -0.1) is 0 Å². The molecule has 1 heterocycles.